The second-order valence-corrected chi connectivity index (χ2v) is 4.12. The molecule has 0 saturated heterocycles. The lowest BCUT2D eigenvalue weighted by atomic mass is 10.1. The van der Waals surface area contributed by atoms with E-state index in [9.17, 15) is 0 Å². The largest absolute Gasteiger partial charge is 0.0931 e. The van der Waals surface area contributed by atoms with E-state index in [0.29, 0.717) is 0 Å². The van der Waals surface area contributed by atoms with Gasteiger partial charge in [-0.15, -0.1) is 0 Å². The number of unbranched alkanes of at least 4 members (excludes halogenated alkanes) is 7. The molecule has 0 spiro atoms. The molecule has 0 atom stereocenters. The van der Waals surface area contributed by atoms with Gasteiger partial charge in [-0.2, -0.15) is 0 Å². The van der Waals surface area contributed by atoms with Crippen molar-refractivity contribution >= 4 is 17.6 Å². The van der Waals surface area contributed by atoms with E-state index in [1.807, 2.05) is 0 Å². The highest BCUT2D eigenvalue weighted by Crippen LogP contribution is 2.08. The van der Waals surface area contributed by atoms with Crippen LogP contribution in [0.25, 0.3) is 0 Å². The maximum Gasteiger partial charge on any atom is -0.00639 e. The number of hydrogen-bond donors (Lipinski definition) is 0. The van der Waals surface area contributed by atoms with Crippen molar-refractivity contribution in [1.82, 2.24) is 0 Å². The maximum atomic E-state index is 4.74. The first-order chi connectivity index (χ1) is 6.91. The zero-order chi connectivity index (χ0) is 10.5. The molecule has 0 aromatic heterocycles. The van der Waals surface area contributed by atoms with Crippen LogP contribution in [0.5, 0.6) is 0 Å². The van der Waals surface area contributed by atoms with Crippen molar-refractivity contribution < 1.29 is 0 Å². The second kappa shape index (κ2) is 12.8. The molecule has 0 aliphatic carbocycles. The van der Waals surface area contributed by atoms with Crippen LogP contribution >= 0.6 is 12.2 Å². The van der Waals surface area contributed by atoms with Gasteiger partial charge in [0.15, 0.2) is 0 Å². The summed E-state index contributed by atoms with van der Waals surface area (Å²) in [4.78, 5) is 0. The van der Waals surface area contributed by atoms with Crippen LogP contribution in [0, 0.1) is 0 Å². The molecule has 1 heteroatoms. The molecule has 0 unspecified atom stereocenters. The smallest absolute Gasteiger partial charge is 0.00639 e. The van der Waals surface area contributed by atoms with Gasteiger partial charge in [0.2, 0.25) is 0 Å². The molecule has 0 heterocycles. The quantitative estimate of drug-likeness (QED) is 0.277. The van der Waals surface area contributed by atoms with Crippen molar-refractivity contribution in [3.8, 4) is 0 Å². The molecule has 0 fully saturated rings. The van der Waals surface area contributed by atoms with Crippen molar-refractivity contribution in [3.05, 3.63) is 12.2 Å². The van der Waals surface area contributed by atoms with Crippen LogP contribution in [0.1, 0.15) is 64.7 Å². The minimum Gasteiger partial charge on any atom is -0.0931 e. The molecule has 0 amide bonds. The van der Waals surface area contributed by atoms with Crippen LogP contribution in [0.15, 0.2) is 12.2 Å². The molecule has 0 aromatic rings. The summed E-state index contributed by atoms with van der Waals surface area (Å²) < 4.78 is 0. The van der Waals surface area contributed by atoms with Crippen LogP contribution in [0.4, 0.5) is 0 Å². The third-order valence-electron chi connectivity index (χ3n) is 2.37. The first-order valence-electron chi connectivity index (χ1n) is 6.00. The molecule has 0 saturated carbocycles. The zero-order valence-corrected chi connectivity index (χ0v) is 10.3. The highest BCUT2D eigenvalue weighted by Gasteiger charge is 1.88. The van der Waals surface area contributed by atoms with E-state index in [1.54, 1.807) is 5.37 Å². The second-order valence-electron chi connectivity index (χ2n) is 3.78. The Morgan fingerprint density at radius 1 is 0.857 bits per heavy atom. The summed E-state index contributed by atoms with van der Waals surface area (Å²) in [5, 5.41) is 1.78. The topological polar surface area (TPSA) is 0 Å². The van der Waals surface area contributed by atoms with Crippen molar-refractivity contribution in [3.63, 3.8) is 0 Å². The minimum atomic E-state index is 0.950. The maximum absolute atomic E-state index is 4.74. The zero-order valence-electron chi connectivity index (χ0n) is 9.50. The SMILES string of the molecule is CCCCCCCCCC=CCC=S. The molecule has 0 bridgehead atoms. The first-order valence-corrected chi connectivity index (χ1v) is 6.47. The number of hydrogen-bond acceptors (Lipinski definition) is 1. The molecule has 0 aromatic carbocycles. The first kappa shape index (κ1) is 13.8. The molecule has 0 N–H and O–H groups in total. The van der Waals surface area contributed by atoms with Gasteiger partial charge in [0.05, 0.1) is 0 Å². The fourth-order valence-corrected chi connectivity index (χ4v) is 1.60. The summed E-state index contributed by atoms with van der Waals surface area (Å²) in [6.45, 7) is 2.26. The third-order valence-corrected chi connectivity index (χ3v) is 2.57. The summed E-state index contributed by atoms with van der Waals surface area (Å²) in [7, 11) is 0. The number of allylic oxidation sites excluding steroid dienone is 2. The van der Waals surface area contributed by atoms with Gasteiger partial charge in [-0.1, -0.05) is 69.8 Å². The van der Waals surface area contributed by atoms with E-state index in [4.69, 9.17) is 12.2 Å². The fourth-order valence-electron chi connectivity index (χ4n) is 1.49. The van der Waals surface area contributed by atoms with Crippen LogP contribution in [-0.4, -0.2) is 5.37 Å². The van der Waals surface area contributed by atoms with Crippen LogP contribution in [0.2, 0.25) is 0 Å². The predicted molar refractivity (Wildman–Crippen MR) is 70.0 cm³/mol. The Bertz CT molecular complexity index is 138. The Morgan fingerprint density at radius 2 is 1.50 bits per heavy atom. The lowest BCUT2D eigenvalue weighted by molar-refractivity contribution is 0.592. The number of rotatable bonds is 10. The van der Waals surface area contributed by atoms with E-state index >= 15 is 0 Å². The van der Waals surface area contributed by atoms with Gasteiger partial charge in [0.1, 0.15) is 0 Å². The lowest BCUT2D eigenvalue weighted by Gasteiger charge is -1.98. The Balaban J connectivity index is 2.95. The average Bonchev–Trinajstić information content (AvgIpc) is 2.21. The fraction of sp³-hybridized carbons (Fsp3) is 0.769. The summed E-state index contributed by atoms with van der Waals surface area (Å²) >= 11 is 4.74. The molecular formula is C13H24S. The van der Waals surface area contributed by atoms with Gasteiger partial charge >= 0.3 is 0 Å². The van der Waals surface area contributed by atoms with Gasteiger partial charge in [0.25, 0.3) is 0 Å². The van der Waals surface area contributed by atoms with Gasteiger partial charge in [0, 0.05) is 0 Å². The Morgan fingerprint density at radius 3 is 2.14 bits per heavy atom. The monoisotopic (exact) mass is 212 g/mol. The lowest BCUT2D eigenvalue weighted by Crippen LogP contribution is -1.78. The molecule has 14 heavy (non-hydrogen) atoms. The van der Waals surface area contributed by atoms with Crippen molar-refractivity contribution in [2.75, 3.05) is 0 Å². The minimum absolute atomic E-state index is 0.950. The van der Waals surface area contributed by atoms with Gasteiger partial charge in [-0.05, 0) is 24.6 Å². The predicted octanol–water partition coefficient (Wildman–Crippen LogP) is 5.07. The number of thiocarbonyl (C=S) groups is 1. The van der Waals surface area contributed by atoms with Crippen LogP contribution in [-0.2, 0) is 0 Å². The molecule has 0 aliphatic heterocycles. The highest BCUT2D eigenvalue weighted by atomic mass is 32.1. The Hall–Kier alpha value is -0.170. The molecule has 0 aliphatic rings. The van der Waals surface area contributed by atoms with E-state index in [1.165, 1.54) is 51.4 Å². The van der Waals surface area contributed by atoms with E-state index < -0.39 is 0 Å². The summed E-state index contributed by atoms with van der Waals surface area (Å²) in [6.07, 6.45) is 16.4. The normalized spacial score (nSPS) is 10.9. The van der Waals surface area contributed by atoms with Crippen molar-refractivity contribution in [1.29, 1.82) is 0 Å². The third kappa shape index (κ3) is 11.8. The van der Waals surface area contributed by atoms with Gasteiger partial charge < -0.3 is 0 Å². The molecule has 0 rings (SSSR count). The summed E-state index contributed by atoms with van der Waals surface area (Å²) in [5.41, 5.74) is 0. The standard InChI is InChI=1S/C13H24S/c1-2-3-4-5-6-7-8-9-10-11-12-13-14/h10-11,13H,2-9,12H2,1H3. The van der Waals surface area contributed by atoms with Gasteiger partial charge in [-0.3, -0.25) is 0 Å². The van der Waals surface area contributed by atoms with Crippen molar-refractivity contribution in [2.45, 2.75) is 64.7 Å². The summed E-state index contributed by atoms with van der Waals surface area (Å²) in [5.74, 6) is 0. The molecule has 0 nitrogen and oxygen atoms in total. The average molecular weight is 212 g/mol. The summed E-state index contributed by atoms with van der Waals surface area (Å²) in [6, 6.07) is 0. The van der Waals surface area contributed by atoms with Crippen LogP contribution in [0.3, 0.4) is 0 Å². The van der Waals surface area contributed by atoms with Gasteiger partial charge in [-0.25, -0.2) is 0 Å². The van der Waals surface area contributed by atoms with Crippen LogP contribution < -0.4 is 0 Å². The van der Waals surface area contributed by atoms with Crippen molar-refractivity contribution in [2.24, 2.45) is 0 Å². The Kier molecular flexibility index (Phi) is 12.7. The molecule has 0 radical (unpaired) electrons. The molecular weight excluding hydrogens is 188 g/mol. The molecule has 82 valence electrons. The van der Waals surface area contributed by atoms with E-state index in [2.05, 4.69) is 19.1 Å². The van der Waals surface area contributed by atoms with E-state index in [0.717, 1.165) is 6.42 Å². The Labute approximate surface area is 94.8 Å². The van der Waals surface area contributed by atoms with E-state index in [-0.39, 0.29) is 0 Å². The highest BCUT2D eigenvalue weighted by molar-refractivity contribution is 7.78.